The minimum absolute atomic E-state index is 0.157. The number of anilines is 1. The van der Waals surface area contributed by atoms with Crippen LogP contribution in [-0.2, 0) is 11.3 Å². The van der Waals surface area contributed by atoms with Crippen molar-refractivity contribution in [2.75, 3.05) is 11.1 Å². The summed E-state index contributed by atoms with van der Waals surface area (Å²) in [4.78, 5) is 12.0. The fraction of sp³-hybridized carbons (Fsp3) is 0.278. The molecule has 0 aliphatic rings. The minimum Gasteiger partial charge on any atom is -0.491 e. The number of primary amides is 1. The largest absolute Gasteiger partial charge is 0.491 e. The van der Waals surface area contributed by atoms with Crippen LogP contribution in [0.3, 0.4) is 0 Å². The van der Waals surface area contributed by atoms with Crippen LogP contribution in [0.4, 0.5) is 5.69 Å². The molecular formula is C18H22N2O2S. The standard InChI is InChI=1S/C18H22N2O2S/c1-13(2)22-15-7-5-6-14(10-15)11-20-16-8-3-4-9-17(16)23-12-18(19)21/h3-10,13,20H,11-12H2,1-2H3,(H2,19,21). The molecule has 23 heavy (non-hydrogen) atoms. The number of para-hydroxylation sites is 1. The third-order valence-corrected chi connectivity index (χ3v) is 4.11. The van der Waals surface area contributed by atoms with Gasteiger partial charge in [-0.1, -0.05) is 24.3 Å². The van der Waals surface area contributed by atoms with Crippen molar-refractivity contribution in [1.29, 1.82) is 0 Å². The van der Waals surface area contributed by atoms with Gasteiger partial charge in [0, 0.05) is 17.1 Å². The van der Waals surface area contributed by atoms with E-state index in [-0.39, 0.29) is 17.8 Å². The maximum absolute atomic E-state index is 11.0. The zero-order valence-corrected chi connectivity index (χ0v) is 14.2. The van der Waals surface area contributed by atoms with E-state index in [9.17, 15) is 4.79 Å². The van der Waals surface area contributed by atoms with Crippen molar-refractivity contribution in [2.24, 2.45) is 5.73 Å². The Labute approximate surface area is 141 Å². The molecule has 2 rings (SSSR count). The molecule has 3 N–H and O–H groups in total. The molecule has 0 aliphatic carbocycles. The van der Waals surface area contributed by atoms with E-state index in [1.54, 1.807) is 0 Å². The Hall–Kier alpha value is -2.14. The van der Waals surface area contributed by atoms with Gasteiger partial charge in [0.15, 0.2) is 0 Å². The van der Waals surface area contributed by atoms with Crippen LogP contribution < -0.4 is 15.8 Å². The lowest BCUT2D eigenvalue weighted by atomic mass is 10.2. The fourth-order valence-electron chi connectivity index (χ4n) is 2.09. The molecule has 1 amide bonds. The van der Waals surface area contributed by atoms with Crippen molar-refractivity contribution in [1.82, 2.24) is 0 Å². The Morgan fingerprint density at radius 1 is 1.22 bits per heavy atom. The fourth-order valence-corrected chi connectivity index (χ4v) is 2.85. The zero-order valence-electron chi connectivity index (χ0n) is 13.4. The van der Waals surface area contributed by atoms with Crippen LogP contribution in [0.2, 0.25) is 0 Å². The first-order chi connectivity index (χ1) is 11.0. The predicted molar refractivity (Wildman–Crippen MR) is 95.9 cm³/mol. The van der Waals surface area contributed by atoms with Gasteiger partial charge in [0.1, 0.15) is 5.75 Å². The lowest BCUT2D eigenvalue weighted by molar-refractivity contribution is -0.115. The number of ether oxygens (including phenoxy) is 1. The highest BCUT2D eigenvalue weighted by molar-refractivity contribution is 8.00. The highest BCUT2D eigenvalue weighted by Crippen LogP contribution is 2.27. The molecule has 0 saturated carbocycles. The van der Waals surface area contributed by atoms with Crippen LogP contribution in [0.1, 0.15) is 19.4 Å². The Morgan fingerprint density at radius 2 is 2.00 bits per heavy atom. The smallest absolute Gasteiger partial charge is 0.227 e. The normalized spacial score (nSPS) is 10.6. The number of nitrogens with one attached hydrogen (secondary N) is 1. The third-order valence-electron chi connectivity index (χ3n) is 3.01. The molecule has 0 atom stereocenters. The summed E-state index contributed by atoms with van der Waals surface area (Å²) in [5.74, 6) is 0.829. The number of rotatable bonds is 8. The number of hydrogen-bond donors (Lipinski definition) is 2. The highest BCUT2D eigenvalue weighted by Gasteiger charge is 2.05. The first kappa shape index (κ1) is 17.2. The maximum Gasteiger partial charge on any atom is 0.227 e. The average molecular weight is 330 g/mol. The predicted octanol–water partition coefficient (Wildman–Crippen LogP) is 3.66. The minimum atomic E-state index is -0.316. The van der Waals surface area contributed by atoms with Crippen LogP contribution in [0.5, 0.6) is 5.75 Å². The summed E-state index contributed by atoms with van der Waals surface area (Å²) in [6.07, 6.45) is 0.157. The Kier molecular flexibility index (Phi) is 6.35. The van der Waals surface area contributed by atoms with E-state index in [0.717, 1.165) is 21.9 Å². The molecule has 2 aromatic rings. The number of carbonyl (C=O) groups excluding carboxylic acids is 1. The summed E-state index contributed by atoms with van der Waals surface area (Å²) in [6.45, 7) is 4.71. The third kappa shape index (κ3) is 5.87. The van der Waals surface area contributed by atoms with Gasteiger partial charge < -0.3 is 15.8 Å². The van der Waals surface area contributed by atoms with Crippen LogP contribution in [-0.4, -0.2) is 17.8 Å². The van der Waals surface area contributed by atoms with Crippen LogP contribution >= 0.6 is 11.8 Å². The van der Waals surface area contributed by atoms with E-state index in [2.05, 4.69) is 11.4 Å². The first-order valence-corrected chi connectivity index (χ1v) is 8.53. The molecular weight excluding hydrogens is 308 g/mol. The second-order valence-corrected chi connectivity index (χ2v) is 6.44. The van der Waals surface area contributed by atoms with Crippen molar-refractivity contribution in [3.8, 4) is 5.75 Å². The summed E-state index contributed by atoms with van der Waals surface area (Å²) in [7, 11) is 0. The summed E-state index contributed by atoms with van der Waals surface area (Å²) in [6, 6.07) is 15.9. The van der Waals surface area contributed by atoms with E-state index in [4.69, 9.17) is 10.5 Å². The lowest BCUT2D eigenvalue weighted by Crippen LogP contribution is -2.13. The first-order valence-electron chi connectivity index (χ1n) is 7.54. The molecule has 5 heteroatoms. The van der Waals surface area contributed by atoms with Crippen molar-refractivity contribution in [2.45, 2.75) is 31.4 Å². The number of amides is 1. The average Bonchev–Trinajstić information content (AvgIpc) is 2.51. The summed E-state index contributed by atoms with van der Waals surface area (Å²) in [5, 5.41) is 3.41. The van der Waals surface area contributed by atoms with Crippen LogP contribution in [0.15, 0.2) is 53.4 Å². The Bertz CT molecular complexity index is 659. The molecule has 0 bridgehead atoms. The number of thioether (sulfide) groups is 1. The molecule has 2 aromatic carbocycles. The molecule has 122 valence electrons. The van der Waals surface area contributed by atoms with E-state index >= 15 is 0 Å². The van der Waals surface area contributed by atoms with Crippen LogP contribution in [0, 0.1) is 0 Å². The maximum atomic E-state index is 11.0. The molecule has 0 spiro atoms. The zero-order chi connectivity index (χ0) is 16.7. The van der Waals surface area contributed by atoms with Gasteiger partial charge >= 0.3 is 0 Å². The number of hydrogen-bond acceptors (Lipinski definition) is 4. The Balaban J connectivity index is 2.02. The number of carbonyl (C=O) groups is 1. The molecule has 0 radical (unpaired) electrons. The van der Waals surface area contributed by atoms with Crippen molar-refractivity contribution >= 4 is 23.4 Å². The van der Waals surface area contributed by atoms with E-state index in [0.29, 0.717) is 6.54 Å². The van der Waals surface area contributed by atoms with Gasteiger partial charge in [0.05, 0.1) is 11.9 Å². The molecule has 0 unspecified atom stereocenters. The topological polar surface area (TPSA) is 64.3 Å². The Morgan fingerprint density at radius 3 is 2.74 bits per heavy atom. The van der Waals surface area contributed by atoms with E-state index in [1.165, 1.54) is 11.8 Å². The van der Waals surface area contributed by atoms with Crippen LogP contribution in [0.25, 0.3) is 0 Å². The summed E-state index contributed by atoms with van der Waals surface area (Å²) < 4.78 is 5.71. The molecule has 0 aliphatic heterocycles. The molecule has 0 aromatic heterocycles. The second kappa shape index (κ2) is 8.48. The van der Waals surface area contributed by atoms with Crippen molar-refractivity contribution < 1.29 is 9.53 Å². The van der Waals surface area contributed by atoms with Gasteiger partial charge in [-0.15, -0.1) is 11.8 Å². The number of benzene rings is 2. The van der Waals surface area contributed by atoms with E-state index < -0.39 is 0 Å². The summed E-state index contributed by atoms with van der Waals surface area (Å²) in [5.41, 5.74) is 7.35. The molecule has 0 saturated heterocycles. The van der Waals surface area contributed by atoms with Gasteiger partial charge in [-0.25, -0.2) is 0 Å². The quantitative estimate of drug-likeness (QED) is 0.725. The van der Waals surface area contributed by atoms with Crippen molar-refractivity contribution in [3.63, 3.8) is 0 Å². The molecule has 4 nitrogen and oxygen atoms in total. The van der Waals surface area contributed by atoms with Crippen molar-refractivity contribution in [3.05, 3.63) is 54.1 Å². The van der Waals surface area contributed by atoms with Gasteiger partial charge in [-0.2, -0.15) is 0 Å². The van der Waals surface area contributed by atoms with Gasteiger partial charge in [-0.3, -0.25) is 4.79 Å². The molecule has 0 heterocycles. The summed E-state index contributed by atoms with van der Waals surface area (Å²) >= 11 is 1.44. The number of nitrogens with two attached hydrogens (primary N) is 1. The van der Waals surface area contributed by atoms with Gasteiger partial charge in [0.2, 0.25) is 5.91 Å². The van der Waals surface area contributed by atoms with Gasteiger partial charge in [-0.05, 0) is 43.7 Å². The van der Waals surface area contributed by atoms with E-state index in [1.807, 2.05) is 56.3 Å². The monoisotopic (exact) mass is 330 g/mol. The lowest BCUT2D eigenvalue weighted by Gasteiger charge is -2.13. The SMILES string of the molecule is CC(C)Oc1cccc(CNc2ccccc2SCC(N)=O)c1. The van der Waals surface area contributed by atoms with Gasteiger partial charge in [0.25, 0.3) is 0 Å². The second-order valence-electron chi connectivity index (χ2n) is 5.42. The highest BCUT2D eigenvalue weighted by atomic mass is 32.2. The molecule has 0 fully saturated rings.